The molecule has 5 nitrogen and oxygen atoms in total. The second kappa shape index (κ2) is 12.3. The largest absolute Gasteiger partial charge is 0.481 e. The average molecular weight is 423 g/mol. The van der Waals surface area contributed by atoms with Crippen molar-refractivity contribution < 1.29 is 24.9 Å². The van der Waals surface area contributed by atoms with Crippen LogP contribution in [0.4, 0.5) is 0 Å². The molecular formula is C23H34O5S. The van der Waals surface area contributed by atoms with Crippen LogP contribution < -0.4 is 0 Å². The number of thiophene rings is 1. The molecule has 5 atom stereocenters. The van der Waals surface area contributed by atoms with Crippen LogP contribution in [0.3, 0.4) is 0 Å². The third kappa shape index (κ3) is 7.70. The van der Waals surface area contributed by atoms with Crippen LogP contribution in [-0.4, -0.2) is 46.7 Å². The number of aliphatic hydroxyl groups excluding tert-OH is 2. The van der Waals surface area contributed by atoms with Gasteiger partial charge < -0.3 is 20.1 Å². The quantitative estimate of drug-likeness (QED) is 0.348. The summed E-state index contributed by atoms with van der Waals surface area (Å²) < 4.78 is 5.60. The number of carboxylic acids is 1. The fraction of sp³-hybridized carbons (Fsp3) is 0.609. The van der Waals surface area contributed by atoms with E-state index in [1.54, 1.807) is 18.4 Å². The van der Waals surface area contributed by atoms with Gasteiger partial charge in [0.25, 0.3) is 0 Å². The van der Waals surface area contributed by atoms with E-state index in [1.165, 1.54) is 10.4 Å². The lowest BCUT2D eigenvalue weighted by atomic mass is 9.89. The summed E-state index contributed by atoms with van der Waals surface area (Å²) in [5.74, 6) is -0.914. The summed E-state index contributed by atoms with van der Waals surface area (Å²) in [6.45, 7) is 2.13. The summed E-state index contributed by atoms with van der Waals surface area (Å²) in [4.78, 5) is 11.9. The Morgan fingerprint density at radius 2 is 2.14 bits per heavy atom. The Kier molecular flexibility index (Phi) is 10.1. The number of methoxy groups -OCH3 is 1. The van der Waals surface area contributed by atoms with Crippen molar-refractivity contribution >= 4 is 17.3 Å². The Morgan fingerprint density at radius 3 is 2.79 bits per heavy atom. The molecule has 2 rings (SSSR count). The summed E-state index contributed by atoms with van der Waals surface area (Å²) in [7, 11) is 1.70. The summed E-state index contributed by atoms with van der Waals surface area (Å²) in [5.41, 5.74) is 1.35. The van der Waals surface area contributed by atoms with Crippen LogP contribution in [0.1, 0.15) is 49.0 Å². The molecule has 0 aliphatic heterocycles. The molecule has 1 saturated carbocycles. The van der Waals surface area contributed by atoms with Crippen LogP contribution in [0.2, 0.25) is 0 Å². The molecule has 1 aliphatic rings. The van der Waals surface area contributed by atoms with Crippen LogP contribution in [-0.2, 0) is 16.0 Å². The lowest BCUT2D eigenvalue weighted by Gasteiger charge is -2.20. The first-order chi connectivity index (χ1) is 13.9. The zero-order valence-electron chi connectivity index (χ0n) is 17.4. The number of carboxylic acid groups (broad SMARTS) is 1. The number of allylic oxidation sites excluding steroid dienone is 2. The van der Waals surface area contributed by atoms with Gasteiger partial charge in [0.1, 0.15) is 0 Å². The first kappa shape index (κ1) is 23.8. The molecule has 4 unspecified atom stereocenters. The Labute approximate surface area is 177 Å². The molecule has 1 heterocycles. The second-order valence-corrected chi connectivity index (χ2v) is 8.92. The predicted molar refractivity (Wildman–Crippen MR) is 116 cm³/mol. The third-order valence-electron chi connectivity index (χ3n) is 5.77. The van der Waals surface area contributed by atoms with Crippen molar-refractivity contribution in [3.8, 4) is 0 Å². The summed E-state index contributed by atoms with van der Waals surface area (Å²) in [6.07, 6.45) is 11.3. The molecule has 0 saturated heterocycles. The van der Waals surface area contributed by atoms with Crippen LogP contribution >= 0.6 is 11.3 Å². The van der Waals surface area contributed by atoms with Gasteiger partial charge in [-0.05, 0) is 62.0 Å². The molecule has 1 aliphatic carbocycles. The minimum Gasteiger partial charge on any atom is -0.481 e. The molecule has 0 spiro atoms. The molecule has 3 N–H and O–H groups in total. The summed E-state index contributed by atoms with van der Waals surface area (Å²) in [6, 6.07) is 2.16. The predicted octanol–water partition coefficient (Wildman–Crippen LogP) is 4.12. The topological polar surface area (TPSA) is 87.0 Å². The first-order valence-electron chi connectivity index (χ1n) is 10.4. The number of hydrogen-bond donors (Lipinski definition) is 3. The van der Waals surface area contributed by atoms with Gasteiger partial charge >= 0.3 is 5.97 Å². The number of aliphatic hydroxyl groups is 2. The van der Waals surface area contributed by atoms with Gasteiger partial charge in [0.05, 0.1) is 18.3 Å². The highest BCUT2D eigenvalue weighted by Gasteiger charge is 2.39. The molecule has 162 valence electrons. The lowest BCUT2D eigenvalue weighted by molar-refractivity contribution is -0.137. The number of aliphatic carboxylic acids is 1. The van der Waals surface area contributed by atoms with E-state index in [-0.39, 0.29) is 24.4 Å². The molecule has 0 radical (unpaired) electrons. The average Bonchev–Trinajstić information content (AvgIpc) is 3.20. The third-order valence-corrected chi connectivity index (χ3v) is 6.66. The van der Waals surface area contributed by atoms with Gasteiger partial charge in [-0.15, -0.1) is 11.3 Å². The maximum absolute atomic E-state index is 10.5. The van der Waals surface area contributed by atoms with Gasteiger partial charge in [0, 0.05) is 30.7 Å². The van der Waals surface area contributed by atoms with E-state index in [2.05, 4.69) is 18.4 Å². The number of carbonyl (C=O) groups is 1. The summed E-state index contributed by atoms with van der Waals surface area (Å²) >= 11 is 1.76. The maximum Gasteiger partial charge on any atom is 0.303 e. The second-order valence-electron chi connectivity index (χ2n) is 7.80. The van der Waals surface area contributed by atoms with Crippen molar-refractivity contribution in [2.24, 2.45) is 11.8 Å². The van der Waals surface area contributed by atoms with Gasteiger partial charge in [-0.2, -0.15) is 0 Å². The highest BCUT2D eigenvalue weighted by atomic mass is 32.1. The molecule has 1 fully saturated rings. The van der Waals surface area contributed by atoms with Crippen molar-refractivity contribution in [3.05, 3.63) is 46.2 Å². The fourth-order valence-electron chi connectivity index (χ4n) is 3.96. The van der Waals surface area contributed by atoms with Crippen LogP contribution in [0.15, 0.2) is 35.8 Å². The van der Waals surface area contributed by atoms with Gasteiger partial charge in [-0.1, -0.05) is 24.3 Å². The molecule has 1 aromatic heterocycles. The van der Waals surface area contributed by atoms with Crippen molar-refractivity contribution in [1.29, 1.82) is 0 Å². The van der Waals surface area contributed by atoms with E-state index >= 15 is 0 Å². The molecule has 29 heavy (non-hydrogen) atoms. The fourth-order valence-corrected chi connectivity index (χ4v) is 4.72. The Morgan fingerprint density at radius 1 is 1.34 bits per heavy atom. The van der Waals surface area contributed by atoms with E-state index in [0.29, 0.717) is 25.7 Å². The number of hydrogen-bond acceptors (Lipinski definition) is 5. The normalized spacial score (nSPS) is 25.9. The van der Waals surface area contributed by atoms with E-state index in [1.807, 2.05) is 24.3 Å². The van der Waals surface area contributed by atoms with Crippen molar-refractivity contribution in [1.82, 2.24) is 0 Å². The van der Waals surface area contributed by atoms with E-state index < -0.39 is 18.2 Å². The van der Waals surface area contributed by atoms with Crippen LogP contribution in [0.5, 0.6) is 0 Å². The van der Waals surface area contributed by atoms with Crippen LogP contribution in [0, 0.1) is 18.8 Å². The number of rotatable bonds is 12. The monoisotopic (exact) mass is 422 g/mol. The van der Waals surface area contributed by atoms with Gasteiger partial charge in [0.15, 0.2) is 0 Å². The van der Waals surface area contributed by atoms with Crippen LogP contribution in [0.25, 0.3) is 0 Å². The standard InChI is InChI=1S/C23H34O5S/c1-16-17(13-14-29-16)9-10-18(28-2)11-12-20-19(21(24)15-22(20)25)7-5-3-4-6-8-23(26)27/h3,5,11-14,18-22,24-25H,4,6-10,15H2,1-2H3,(H,26,27)/t18?,19-,20?,21?,22?/m1/s1. The smallest absolute Gasteiger partial charge is 0.303 e. The maximum atomic E-state index is 10.5. The van der Waals surface area contributed by atoms with Gasteiger partial charge in [-0.25, -0.2) is 0 Å². The molecular weight excluding hydrogens is 388 g/mol. The highest BCUT2D eigenvalue weighted by Crippen LogP contribution is 2.36. The Bertz CT molecular complexity index is 681. The highest BCUT2D eigenvalue weighted by molar-refractivity contribution is 7.10. The van der Waals surface area contributed by atoms with Gasteiger partial charge in [-0.3, -0.25) is 4.79 Å². The Balaban J connectivity index is 1.88. The van der Waals surface area contributed by atoms with E-state index in [0.717, 1.165) is 12.8 Å². The zero-order chi connectivity index (χ0) is 21.2. The number of ether oxygens (including phenoxy) is 1. The molecule has 6 heteroatoms. The number of unbranched alkanes of at least 4 members (excludes halogenated alkanes) is 1. The first-order valence-corrected chi connectivity index (χ1v) is 11.3. The molecule has 0 amide bonds. The van der Waals surface area contributed by atoms with Crippen molar-refractivity contribution in [2.45, 2.75) is 70.2 Å². The minimum atomic E-state index is -0.778. The molecule has 0 aromatic carbocycles. The SMILES string of the molecule is COC(C=CC1C(O)CC(O)[C@@H]1CC=CCCCC(=O)O)CCc1ccsc1C. The van der Waals surface area contributed by atoms with Crippen molar-refractivity contribution in [3.63, 3.8) is 0 Å². The van der Waals surface area contributed by atoms with E-state index in [4.69, 9.17) is 9.84 Å². The molecule has 0 bridgehead atoms. The van der Waals surface area contributed by atoms with Gasteiger partial charge in [0.2, 0.25) is 0 Å². The Hall–Kier alpha value is -1.47. The zero-order valence-corrected chi connectivity index (χ0v) is 18.2. The lowest BCUT2D eigenvalue weighted by Crippen LogP contribution is -2.20. The molecule has 1 aromatic rings. The number of aryl methyl sites for hydroxylation is 2. The van der Waals surface area contributed by atoms with Crippen molar-refractivity contribution in [2.75, 3.05) is 7.11 Å². The summed E-state index contributed by atoms with van der Waals surface area (Å²) in [5, 5.41) is 31.5. The van der Waals surface area contributed by atoms with E-state index in [9.17, 15) is 15.0 Å². The minimum absolute atomic E-state index is 0.0218.